The fourth-order valence-electron chi connectivity index (χ4n) is 5.08. The summed E-state index contributed by atoms with van der Waals surface area (Å²) in [5.41, 5.74) is 1.67. The van der Waals surface area contributed by atoms with Crippen molar-refractivity contribution in [1.29, 1.82) is 0 Å². The van der Waals surface area contributed by atoms with E-state index in [1.807, 2.05) is 31.2 Å². The van der Waals surface area contributed by atoms with Crippen molar-refractivity contribution in [2.45, 2.75) is 64.8 Å². The Kier molecular flexibility index (Phi) is 12.5. The number of benzene rings is 2. The van der Waals surface area contributed by atoms with Crippen LogP contribution in [0.3, 0.4) is 0 Å². The van der Waals surface area contributed by atoms with Gasteiger partial charge in [0.25, 0.3) is 5.91 Å². The number of fused-ring (bicyclic) bond motifs is 1. The molecule has 4 atom stereocenters. The molecular formula is C31H47N3O7S. The number of anilines is 1. The molecule has 1 amide bonds. The standard InChI is InChI=1S/C31H47N3O7S/c1-22-18-34(23(2)21-35)31(36)28-17-26(32-42(6,37)38)12-15-29(28)41-24(3)9-7-8-16-40-30(22)20-33(4)19-25-10-13-27(39-5)14-11-25/h10-15,17,22-24,30,32,35H,7-9,16,18-21H2,1-6H3/t22-,23-,24+,30+/m0/s1. The molecule has 2 aromatic carbocycles. The van der Waals surface area contributed by atoms with Gasteiger partial charge in [-0.05, 0) is 76.1 Å². The smallest absolute Gasteiger partial charge is 0.258 e. The van der Waals surface area contributed by atoms with Gasteiger partial charge in [-0.2, -0.15) is 0 Å². The Bertz CT molecular complexity index is 1260. The number of carbonyl (C=O) groups is 1. The highest BCUT2D eigenvalue weighted by atomic mass is 32.2. The Morgan fingerprint density at radius 1 is 1.17 bits per heavy atom. The van der Waals surface area contributed by atoms with E-state index in [1.54, 1.807) is 31.1 Å². The number of ether oxygens (including phenoxy) is 3. The minimum atomic E-state index is -3.55. The molecule has 0 fully saturated rings. The van der Waals surface area contributed by atoms with Gasteiger partial charge in [-0.25, -0.2) is 8.42 Å². The maximum absolute atomic E-state index is 14.1. The number of methoxy groups -OCH3 is 1. The number of nitrogens with one attached hydrogen (secondary N) is 1. The number of hydrogen-bond acceptors (Lipinski definition) is 8. The molecule has 2 aromatic rings. The number of hydrogen-bond donors (Lipinski definition) is 2. The van der Waals surface area contributed by atoms with Gasteiger partial charge >= 0.3 is 0 Å². The molecule has 0 aliphatic carbocycles. The van der Waals surface area contributed by atoms with Crippen LogP contribution in [0.15, 0.2) is 42.5 Å². The molecule has 0 unspecified atom stereocenters. The van der Waals surface area contributed by atoms with Crippen LogP contribution in [0.5, 0.6) is 11.5 Å². The van der Waals surface area contributed by atoms with Crippen LogP contribution in [0.2, 0.25) is 0 Å². The SMILES string of the molecule is COc1ccc(CN(C)C[C@H]2OCCCC[C@@H](C)Oc3ccc(NS(C)(=O)=O)cc3C(=O)N([C@@H](C)CO)C[C@@H]2C)cc1. The summed E-state index contributed by atoms with van der Waals surface area (Å²) in [5.74, 6) is 0.793. The highest BCUT2D eigenvalue weighted by molar-refractivity contribution is 7.92. The van der Waals surface area contributed by atoms with Crippen LogP contribution in [0.1, 0.15) is 56.0 Å². The number of rotatable bonds is 9. The van der Waals surface area contributed by atoms with Crippen LogP contribution in [0.4, 0.5) is 5.69 Å². The number of likely N-dealkylation sites (N-methyl/N-ethyl adjacent to an activating group) is 1. The molecule has 2 N–H and O–H groups in total. The van der Waals surface area contributed by atoms with Crippen molar-refractivity contribution < 1.29 is 32.5 Å². The van der Waals surface area contributed by atoms with E-state index in [0.29, 0.717) is 25.4 Å². The summed E-state index contributed by atoms with van der Waals surface area (Å²) >= 11 is 0. The van der Waals surface area contributed by atoms with Gasteiger partial charge in [0.1, 0.15) is 11.5 Å². The second kappa shape index (κ2) is 15.6. The number of amides is 1. The quantitative estimate of drug-likeness (QED) is 0.441. The molecule has 3 rings (SSSR count). The van der Waals surface area contributed by atoms with Crippen LogP contribution >= 0.6 is 0 Å². The predicted octanol–water partition coefficient (Wildman–Crippen LogP) is 3.99. The van der Waals surface area contributed by atoms with E-state index >= 15 is 0 Å². The zero-order valence-corrected chi connectivity index (χ0v) is 26.5. The van der Waals surface area contributed by atoms with E-state index in [-0.39, 0.29) is 41.9 Å². The molecule has 42 heavy (non-hydrogen) atoms. The van der Waals surface area contributed by atoms with Gasteiger partial charge in [0, 0.05) is 37.8 Å². The summed E-state index contributed by atoms with van der Waals surface area (Å²) in [4.78, 5) is 17.9. The van der Waals surface area contributed by atoms with E-state index < -0.39 is 16.1 Å². The minimum Gasteiger partial charge on any atom is -0.497 e. The Balaban J connectivity index is 1.90. The first kappa shape index (κ1) is 33.6. The minimum absolute atomic E-state index is 0.0650. The van der Waals surface area contributed by atoms with Gasteiger partial charge in [-0.3, -0.25) is 14.4 Å². The van der Waals surface area contributed by atoms with Crippen LogP contribution in [0, 0.1) is 5.92 Å². The van der Waals surface area contributed by atoms with Crippen molar-refractivity contribution in [3.05, 3.63) is 53.6 Å². The fraction of sp³-hybridized carbons (Fsp3) is 0.581. The van der Waals surface area contributed by atoms with E-state index in [4.69, 9.17) is 14.2 Å². The van der Waals surface area contributed by atoms with Crippen molar-refractivity contribution in [3.8, 4) is 11.5 Å². The fourth-order valence-corrected chi connectivity index (χ4v) is 5.63. The lowest BCUT2D eigenvalue weighted by Gasteiger charge is -2.36. The number of sulfonamides is 1. The second-order valence-corrected chi connectivity index (χ2v) is 13.2. The van der Waals surface area contributed by atoms with E-state index in [9.17, 15) is 18.3 Å². The highest BCUT2D eigenvalue weighted by Crippen LogP contribution is 2.29. The topological polar surface area (TPSA) is 118 Å². The first-order valence-electron chi connectivity index (χ1n) is 14.5. The Morgan fingerprint density at radius 2 is 1.88 bits per heavy atom. The highest BCUT2D eigenvalue weighted by Gasteiger charge is 2.30. The molecule has 0 saturated heterocycles. The summed E-state index contributed by atoms with van der Waals surface area (Å²) in [5, 5.41) is 10.1. The maximum atomic E-state index is 14.1. The van der Waals surface area contributed by atoms with Crippen LogP contribution in [-0.2, 0) is 21.3 Å². The lowest BCUT2D eigenvalue weighted by atomic mass is 10.0. The van der Waals surface area contributed by atoms with Gasteiger partial charge in [-0.15, -0.1) is 0 Å². The number of carbonyl (C=O) groups excluding carboxylic acids is 1. The molecule has 11 heteroatoms. The molecule has 10 nitrogen and oxygen atoms in total. The zero-order chi connectivity index (χ0) is 30.9. The molecule has 1 aliphatic rings. The Morgan fingerprint density at radius 3 is 2.52 bits per heavy atom. The third-order valence-electron chi connectivity index (χ3n) is 7.46. The molecule has 0 bridgehead atoms. The number of aliphatic hydroxyl groups excluding tert-OH is 1. The van der Waals surface area contributed by atoms with Crippen LogP contribution in [0.25, 0.3) is 0 Å². The average molecular weight is 606 g/mol. The van der Waals surface area contributed by atoms with Crippen molar-refractivity contribution in [2.75, 3.05) is 51.4 Å². The van der Waals surface area contributed by atoms with Gasteiger partial charge in [0.15, 0.2) is 0 Å². The molecule has 0 radical (unpaired) electrons. The van der Waals surface area contributed by atoms with Gasteiger partial charge in [0.2, 0.25) is 10.0 Å². The van der Waals surface area contributed by atoms with Crippen molar-refractivity contribution in [3.63, 3.8) is 0 Å². The third-order valence-corrected chi connectivity index (χ3v) is 8.06. The lowest BCUT2D eigenvalue weighted by Crippen LogP contribution is -2.47. The monoisotopic (exact) mass is 605 g/mol. The molecule has 0 aromatic heterocycles. The molecule has 1 aliphatic heterocycles. The zero-order valence-electron chi connectivity index (χ0n) is 25.7. The third kappa shape index (κ3) is 10.1. The van der Waals surface area contributed by atoms with E-state index in [1.165, 1.54) is 6.07 Å². The predicted molar refractivity (Wildman–Crippen MR) is 165 cm³/mol. The Hall–Kier alpha value is -2.86. The van der Waals surface area contributed by atoms with E-state index in [0.717, 1.165) is 43.4 Å². The summed E-state index contributed by atoms with van der Waals surface area (Å²) in [6.07, 6.45) is 3.28. The number of nitrogens with zero attached hydrogens (tertiary/aromatic N) is 2. The summed E-state index contributed by atoms with van der Waals surface area (Å²) in [6, 6.07) is 12.2. The summed E-state index contributed by atoms with van der Waals surface area (Å²) < 4.78 is 44.2. The van der Waals surface area contributed by atoms with Crippen molar-refractivity contribution in [1.82, 2.24) is 9.80 Å². The van der Waals surface area contributed by atoms with Gasteiger partial charge in [0.05, 0.1) is 43.8 Å². The van der Waals surface area contributed by atoms with Gasteiger partial charge in [-0.1, -0.05) is 19.1 Å². The first-order valence-corrected chi connectivity index (χ1v) is 16.4. The largest absolute Gasteiger partial charge is 0.497 e. The van der Waals surface area contributed by atoms with Crippen molar-refractivity contribution in [2.24, 2.45) is 5.92 Å². The second-order valence-electron chi connectivity index (χ2n) is 11.4. The first-order chi connectivity index (χ1) is 19.9. The van der Waals surface area contributed by atoms with Crippen LogP contribution < -0.4 is 14.2 Å². The number of aliphatic hydroxyl groups is 1. The average Bonchev–Trinajstić information content (AvgIpc) is 2.94. The summed E-state index contributed by atoms with van der Waals surface area (Å²) in [7, 11) is 0.149. The molecule has 0 spiro atoms. The van der Waals surface area contributed by atoms with E-state index in [2.05, 4.69) is 23.6 Å². The summed E-state index contributed by atoms with van der Waals surface area (Å²) in [6.45, 7) is 7.89. The van der Waals surface area contributed by atoms with Crippen molar-refractivity contribution >= 4 is 21.6 Å². The van der Waals surface area contributed by atoms with Gasteiger partial charge < -0.3 is 24.2 Å². The lowest BCUT2D eigenvalue weighted by molar-refractivity contribution is -0.0177. The molecular weight excluding hydrogens is 558 g/mol. The normalized spacial score (nSPS) is 21.7. The Labute approximate surface area is 251 Å². The molecule has 0 saturated carbocycles. The maximum Gasteiger partial charge on any atom is 0.258 e. The molecule has 1 heterocycles. The van der Waals surface area contributed by atoms with Crippen LogP contribution in [-0.4, -0.2) is 94.2 Å². The molecule has 234 valence electrons.